The molecule has 27 heavy (non-hydrogen) atoms. The molecule has 140 valence electrons. The zero-order chi connectivity index (χ0) is 19.1. The molecule has 1 amide bonds. The number of hydrogen-bond donors (Lipinski definition) is 0. The van der Waals surface area contributed by atoms with Crippen molar-refractivity contribution in [3.63, 3.8) is 0 Å². The highest BCUT2D eigenvalue weighted by atomic mass is 32.1. The number of benzene rings is 1. The summed E-state index contributed by atoms with van der Waals surface area (Å²) in [6.45, 7) is 2.50. The highest BCUT2D eigenvalue weighted by Crippen LogP contribution is 2.35. The Hall–Kier alpha value is -2.94. The van der Waals surface area contributed by atoms with Crippen molar-refractivity contribution >= 4 is 34.0 Å². The molecule has 0 saturated heterocycles. The van der Waals surface area contributed by atoms with Crippen molar-refractivity contribution in [3.8, 4) is 0 Å². The summed E-state index contributed by atoms with van der Waals surface area (Å²) in [6, 6.07) is 6.00. The quantitative estimate of drug-likeness (QED) is 0.506. The molecular formula is C18H17N3O5S. The van der Waals surface area contributed by atoms with E-state index >= 15 is 0 Å². The summed E-state index contributed by atoms with van der Waals surface area (Å²) in [4.78, 5) is 38.6. The van der Waals surface area contributed by atoms with E-state index in [1.54, 1.807) is 11.3 Å². The van der Waals surface area contributed by atoms with Gasteiger partial charge >= 0.3 is 5.76 Å². The number of rotatable bonds is 4. The monoisotopic (exact) mass is 387 g/mol. The lowest BCUT2D eigenvalue weighted by Gasteiger charge is -2.35. The summed E-state index contributed by atoms with van der Waals surface area (Å²) >= 11 is 1.71. The van der Waals surface area contributed by atoms with Gasteiger partial charge in [-0.05, 0) is 35.9 Å². The minimum absolute atomic E-state index is 0.00227. The van der Waals surface area contributed by atoms with Gasteiger partial charge in [0.15, 0.2) is 5.58 Å². The number of non-ortho nitro benzene ring substituents is 1. The molecule has 4 rings (SSSR count). The third-order valence-corrected chi connectivity index (χ3v) is 5.95. The van der Waals surface area contributed by atoms with Crippen LogP contribution in [0.2, 0.25) is 0 Å². The topological polar surface area (TPSA) is 98.6 Å². The predicted octanol–water partition coefficient (Wildman–Crippen LogP) is 3.10. The van der Waals surface area contributed by atoms with Gasteiger partial charge in [-0.25, -0.2) is 4.79 Å². The fourth-order valence-electron chi connectivity index (χ4n) is 3.68. The Morgan fingerprint density at radius 1 is 1.41 bits per heavy atom. The van der Waals surface area contributed by atoms with E-state index in [1.165, 1.54) is 33.2 Å². The SMILES string of the molecule is CC[C@@H]1c2ccsc2CCN1C(=O)Cn1c(=O)oc2cc([N+](=O)[O-])ccc21. The van der Waals surface area contributed by atoms with Gasteiger partial charge in [0.2, 0.25) is 5.91 Å². The Bertz CT molecular complexity index is 1100. The van der Waals surface area contributed by atoms with Crippen LogP contribution in [0.4, 0.5) is 5.69 Å². The molecule has 0 bridgehead atoms. The first kappa shape index (κ1) is 17.5. The number of carbonyl (C=O) groups excluding carboxylic acids is 1. The molecule has 0 radical (unpaired) electrons. The van der Waals surface area contributed by atoms with Gasteiger partial charge in [0, 0.05) is 17.5 Å². The van der Waals surface area contributed by atoms with Crippen LogP contribution in [0.3, 0.4) is 0 Å². The van der Waals surface area contributed by atoms with Gasteiger partial charge in [-0.15, -0.1) is 11.3 Å². The lowest BCUT2D eigenvalue weighted by molar-refractivity contribution is -0.384. The smallest absolute Gasteiger partial charge is 0.407 e. The van der Waals surface area contributed by atoms with Crippen molar-refractivity contribution in [1.29, 1.82) is 0 Å². The van der Waals surface area contributed by atoms with Gasteiger partial charge in [-0.3, -0.25) is 19.5 Å². The van der Waals surface area contributed by atoms with Gasteiger partial charge in [0.1, 0.15) is 6.54 Å². The standard InChI is InChI=1S/C18H17N3O5S/c1-2-13-12-6-8-27-16(12)5-7-19(13)17(22)10-20-14-4-3-11(21(24)25)9-15(14)26-18(20)23/h3-4,6,8-9,13H,2,5,7,10H2,1H3/t13-/m1/s1. The largest absolute Gasteiger partial charge is 0.420 e. The van der Waals surface area contributed by atoms with Crippen LogP contribution in [-0.2, 0) is 17.8 Å². The number of thiophene rings is 1. The number of nitrogens with zero attached hydrogens (tertiary/aromatic N) is 3. The second-order valence-corrected chi connectivity index (χ2v) is 7.42. The second kappa shape index (κ2) is 6.66. The first-order valence-corrected chi connectivity index (χ1v) is 9.51. The number of carbonyl (C=O) groups is 1. The fourth-order valence-corrected chi connectivity index (χ4v) is 4.61. The van der Waals surface area contributed by atoms with Crippen molar-refractivity contribution in [3.05, 3.63) is 60.8 Å². The maximum absolute atomic E-state index is 13.0. The molecule has 1 aliphatic heterocycles. The molecular weight excluding hydrogens is 370 g/mol. The van der Waals surface area contributed by atoms with Crippen molar-refractivity contribution in [1.82, 2.24) is 9.47 Å². The number of fused-ring (bicyclic) bond motifs is 2. The fraction of sp³-hybridized carbons (Fsp3) is 0.333. The van der Waals surface area contributed by atoms with Crippen LogP contribution in [0, 0.1) is 10.1 Å². The number of amides is 1. The summed E-state index contributed by atoms with van der Waals surface area (Å²) in [5.41, 5.74) is 1.50. The molecule has 0 aliphatic carbocycles. The summed E-state index contributed by atoms with van der Waals surface area (Å²) < 4.78 is 6.34. The average Bonchev–Trinajstić information content (AvgIpc) is 3.24. The van der Waals surface area contributed by atoms with Crippen LogP contribution >= 0.6 is 11.3 Å². The molecule has 0 fully saturated rings. The van der Waals surface area contributed by atoms with E-state index < -0.39 is 10.7 Å². The van der Waals surface area contributed by atoms with E-state index in [2.05, 4.69) is 6.07 Å². The van der Waals surface area contributed by atoms with Gasteiger partial charge < -0.3 is 9.32 Å². The molecule has 1 aliphatic rings. The summed E-state index contributed by atoms with van der Waals surface area (Å²) in [5.74, 6) is -0.859. The summed E-state index contributed by atoms with van der Waals surface area (Å²) in [6.07, 6.45) is 1.60. The van der Waals surface area contributed by atoms with Gasteiger partial charge in [-0.1, -0.05) is 6.92 Å². The highest BCUT2D eigenvalue weighted by Gasteiger charge is 2.31. The molecule has 3 aromatic rings. The molecule has 0 saturated carbocycles. The molecule has 1 atom stereocenters. The second-order valence-electron chi connectivity index (χ2n) is 6.42. The molecule has 9 heteroatoms. The van der Waals surface area contributed by atoms with E-state index in [4.69, 9.17) is 4.42 Å². The van der Waals surface area contributed by atoms with Gasteiger partial charge in [0.05, 0.1) is 22.5 Å². The minimum atomic E-state index is -0.694. The predicted molar refractivity (Wildman–Crippen MR) is 99.9 cm³/mol. The van der Waals surface area contributed by atoms with Crippen LogP contribution in [0.5, 0.6) is 0 Å². The van der Waals surface area contributed by atoms with Crippen LogP contribution in [-0.4, -0.2) is 26.8 Å². The highest BCUT2D eigenvalue weighted by molar-refractivity contribution is 7.10. The molecule has 0 N–H and O–H groups in total. The Balaban J connectivity index is 1.64. The normalized spacial score (nSPS) is 16.5. The lowest BCUT2D eigenvalue weighted by Crippen LogP contribution is -2.42. The zero-order valence-electron chi connectivity index (χ0n) is 14.6. The summed E-state index contributed by atoms with van der Waals surface area (Å²) in [5, 5.41) is 12.9. The maximum atomic E-state index is 13.0. The van der Waals surface area contributed by atoms with Crippen LogP contribution in [0.25, 0.3) is 11.1 Å². The zero-order valence-corrected chi connectivity index (χ0v) is 15.4. The Labute approximate surface area is 157 Å². The van der Waals surface area contributed by atoms with Gasteiger partial charge in [0.25, 0.3) is 5.69 Å². The molecule has 2 aromatic heterocycles. The van der Waals surface area contributed by atoms with Crippen LogP contribution in [0.1, 0.15) is 29.8 Å². The number of nitro groups is 1. The minimum Gasteiger partial charge on any atom is -0.407 e. The van der Waals surface area contributed by atoms with E-state index in [1.807, 2.05) is 17.2 Å². The number of aromatic nitrogens is 1. The van der Waals surface area contributed by atoms with Crippen LogP contribution in [0.15, 0.2) is 38.9 Å². The summed E-state index contributed by atoms with van der Waals surface area (Å²) in [7, 11) is 0. The first-order chi connectivity index (χ1) is 13.0. The third kappa shape index (κ3) is 2.93. The molecule has 3 heterocycles. The molecule has 0 unspecified atom stereocenters. The van der Waals surface area contributed by atoms with Crippen molar-refractivity contribution in [2.45, 2.75) is 32.4 Å². The number of nitro benzene ring substituents is 1. The Morgan fingerprint density at radius 3 is 2.96 bits per heavy atom. The van der Waals surface area contributed by atoms with Gasteiger partial charge in [-0.2, -0.15) is 0 Å². The molecule has 8 nitrogen and oxygen atoms in total. The Kier molecular flexibility index (Phi) is 4.31. The first-order valence-electron chi connectivity index (χ1n) is 8.63. The molecule has 1 aromatic carbocycles. The average molecular weight is 387 g/mol. The van der Waals surface area contributed by atoms with E-state index in [0.717, 1.165) is 12.8 Å². The number of hydrogen-bond acceptors (Lipinski definition) is 6. The maximum Gasteiger partial charge on any atom is 0.420 e. The van der Waals surface area contributed by atoms with Crippen molar-refractivity contribution < 1.29 is 14.1 Å². The number of oxazole rings is 1. The lowest BCUT2D eigenvalue weighted by atomic mass is 9.98. The van der Waals surface area contributed by atoms with Crippen molar-refractivity contribution in [2.75, 3.05) is 6.54 Å². The third-order valence-electron chi connectivity index (χ3n) is 4.96. The van der Waals surface area contributed by atoms with Crippen molar-refractivity contribution in [2.24, 2.45) is 0 Å². The van der Waals surface area contributed by atoms with E-state index in [0.29, 0.717) is 12.1 Å². The van der Waals surface area contributed by atoms with E-state index in [9.17, 15) is 19.7 Å². The molecule has 0 spiro atoms. The van der Waals surface area contributed by atoms with E-state index in [-0.39, 0.29) is 29.8 Å². The van der Waals surface area contributed by atoms with Crippen LogP contribution < -0.4 is 5.76 Å². The Morgan fingerprint density at radius 2 is 2.22 bits per heavy atom.